The van der Waals surface area contributed by atoms with Crippen molar-refractivity contribution in [3.05, 3.63) is 48.0 Å². The summed E-state index contributed by atoms with van der Waals surface area (Å²) in [4.78, 5) is 12.7. The largest absolute Gasteiger partial charge is 0.493 e. The van der Waals surface area contributed by atoms with Crippen LogP contribution in [0.3, 0.4) is 0 Å². The average Bonchev–Trinajstić information content (AvgIpc) is 2.55. The number of rotatable bonds is 6. The van der Waals surface area contributed by atoms with E-state index < -0.39 is 17.5 Å². The van der Waals surface area contributed by atoms with Gasteiger partial charge in [-0.05, 0) is 30.3 Å². The van der Waals surface area contributed by atoms with Crippen LogP contribution < -0.4 is 14.8 Å². The minimum Gasteiger partial charge on any atom is -0.493 e. The predicted molar refractivity (Wildman–Crippen MR) is 85.3 cm³/mol. The Labute approximate surface area is 136 Å². The fourth-order valence-electron chi connectivity index (χ4n) is 1.83. The summed E-state index contributed by atoms with van der Waals surface area (Å²) in [6.45, 7) is 0. The molecule has 2 aromatic carbocycles. The maximum atomic E-state index is 13.5. The van der Waals surface area contributed by atoms with Gasteiger partial charge < -0.3 is 14.8 Å². The average molecular weight is 339 g/mol. The molecule has 1 N–H and O–H groups in total. The molecule has 0 aliphatic carbocycles. The first-order chi connectivity index (χ1) is 11.0. The molecule has 0 aromatic heterocycles. The lowest BCUT2D eigenvalue weighted by atomic mass is 10.3. The molecule has 0 atom stereocenters. The molecule has 0 bridgehead atoms. The van der Waals surface area contributed by atoms with Crippen LogP contribution in [0.15, 0.2) is 41.3 Å². The number of amides is 1. The van der Waals surface area contributed by atoms with Crippen molar-refractivity contribution in [1.82, 2.24) is 0 Å². The van der Waals surface area contributed by atoms with Crippen LogP contribution in [-0.2, 0) is 4.79 Å². The van der Waals surface area contributed by atoms with Gasteiger partial charge in [-0.3, -0.25) is 4.79 Å². The SMILES string of the molecule is COc1ccc(SCC(=O)Nc2ccc(F)cc2F)cc1OC. The maximum Gasteiger partial charge on any atom is 0.234 e. The Kier molecular flexibility index (Phi) is 5.81. The third kappa shape index (κ3) is 4.59. The molecule has 0 unspecified atom stereocenters. The maximum absolute atomic E-state index is 13.5. The Morgan fingerprint density at radius 3 is 2.48 bits per heavy atom. The highest BCUT2D eigenvalue weighted by Gasteiger charge is 2.10. The highest BCUT2D eigenvalue weighted by Crippen LogP contribution is 2.31. The lowest BCUT2D eigenvalue weighted by molar-refractivity contribution is -0.113. The van der Waals surface area contributed by atoms with Crippen molar-refractivity contribution in [2.75, 3.05) is 25.3 Å². The minimum absolute atomic E-state index is 0.0516. The van der Waals surface area contributed by atoms with Gasteiger partial charge in [0.1, 0.15) is 11.6 Å². The Hall–Kier alpha value is -2.28. The Morgan fingerprint density at radius 2 is 1.83 bits per heavy atom. The first-order valence-electron chi connectivity index (χ1n) is 6.63. The van der Waals surface area contributed by atoms with E-state index in [2.05, 4.69) is 5.32 Å². The van der Waals surface area contributed by atoms with Crippen molar-refractivity contribution in [3.63, 3.8) is 0 Å². The van der Waals surface area contributed by atoms with Crippen molar-refractivity contribution in [1.29, 1.82) is 0 Å². The number of halogens is 2. The lowest BCUT2D eigenvalue weighted by Crippen LogP contribution is -2.15. The molecular weight excluding hydrogens is 324 g/mol. The molecule has 0 radical (unpaired) electrons. The topological polar surface area (TPSA) is 47.6 Å². The molecule has 2 aromatic rings. The van der Waals surface area contributed by atoms with Crippen LogP contribution >= 0.6 is 11.8 Å². The molecule has 0 saturated heterocycles. The van der Waals surface area contributed by atoms with Gasteiger partial charge in [0.15, 0.2) is 11.5 Å². The van der Waals surface area contributed by atoms with Gasteiger partial charge in [0.05, 0.1) is 25.7 Å². The van der Waals surface area contributed by atoms with Gasteiger partial charge in [0.2, 0.25) is 5.91 Å². The van der Waals surface area contributed by atoms with E-state index >= 15 is 0 Å². The summed E-state index contributed by atoms with van der Waals surface area (Å²) in [5.41, 5.74) is -0.0516. The number of ether oxygens (including phenoxy) is 2. The molecule has 0 fully saturated rings. The quantitative estimate of drug-likeness (QED) is 0.815. The smallest absolute Gasteiger partial charge is 0.234 e. The molecular formula is C16H15F2NO3S. The van der Waals surface area contributed by atoms with Crippen LogP contribution in [0.4, 0.5) is 14.5 Å². The van der Waals surface area contributed by atoms with E-state index in [1.165, 1.54) is 32.0 Å². The van der Waals surface area contributed by atoms with Crippen molar-refractivity contribution >= 4 is 23.4 Å². The van der Waals surface area contributed by atoms with Gasteiger partial charge in [-0.15, -0.1) is 11.8 Å². The number of benzene rings is 2. The Bertz CT molecular complexity index is 710. The molecule has 4 nitrogen and oxygen atoms in total. The van der Waals surface area contributed by atoms with E-state index in [9.17, 15) is 13.6 Å². The number of hydrogen-bond acceptors (Lipinski definition) is 4. The molecule has 122 valence electrons. The van der Waals surface area contributed by atoms with Crippen molar-refractivity contribution < 1.29 is 23.0 Å². The molecule has 23 heavy (non-hydrogen) atoms. The van der Waals surface area contributed by atoms with Gasteiger partial charge in [-0.25, -0.2) is 8.78 Å². The highest BCUT2D eigenvalue weighted by atomic mass is 32.2. The van der Waals surface area contributed by atoms with Crippen molar-refractivity contribution in [3.8, 4) is 11.5 Å². The van der Waals surface area contributed by atoms with E-state index in [1.54, 1.807) is 18.2 Å². The second kappa shape index (κ2) is 7.82. The van der Waals surface area contributed by atoms with Crippen LogP contribution in [0.2, 0.25) is 0 Å². The number of anilines is 1. The van der Waals surface area contributed by atoms with Crippen molar-refractivity contribution in [2.45, 2.75) is 4.90 Å². The summed E-state index contributed by atoms with van der Waals surface area (Å²) in [5, 5.41) is 2.40. The van der Waals surface area contributed by atoms with Crippen molar-refractivity contribution in [2.24, 2.45) is 0 Å². The first-order valence-corrected chi connectivity index (χ1v) is 7.61. The van der Waals surface area contributed by atoms with E-state index in [-0.39, 0.29) is 11.4 Å². The summed E-state index contributed by atoms with van der Waals surface area (Å²) >= 11 is 1.26. The number of nitrogens with one attached hydrogen (secondary N) is 1. The number of methoxy groups -OCH3 is 2. The highest BCUT2D eigenvalue weighted by molar-refractivity contribution is 8.00. The molecule has 0 saturated carbocycles. The summed E-state index contributed by atoms with van der Waals surface area (Å²) in [6, 6.07) is 8.26. The van der Waals surface area contributed by atoms with Crippen LogP contribution in [-0.4, -0.2) is 25.9 Å². The van der Waals surface area contributed by atoms with Crippen LogP contribution in [0, 0.1) is 11.6 Å². The molecule has 0 spiro atoms. The number of carbonyl (C=O) groups excluding carboxylic acids is 1. The van der Waals surface area contributed by atoms with Gasteiger partial charge in [-0.2, -0.15) is 0 Å². The summed E-state index contributed by atoms with van der Waals surface area (Å²) < 4.78 is 36.6. The first kappa shape index (κ1) is 17.1. The van der Waals surface area contributed by atoms with E-state index in [0.29, 0.717) is 11.5 Å². The van der Waals surface area contributed by atoms with Gasteiger partial charge in [0.25, 0.3) is 0 Å². The molecule has 0 heterocycles. The number of carbonyl (C=O) groups is 1. The van der Waals surface area contributed by atoms with E-state index in [4.69, 9.17) is 9.47 Å². The van der Waals surface area contributed by atoms with Crippen LogP contribution in [0.5, 0.6) is 11.5 Å². The predicted octanol–water partition coefficient (Wildman–Crippen LogP) is 3.71. The van der Waals surface area contributed by atoms with Crippen LogP contribution in [0.1, 0.15) is 0 Å². The number of hydrogen-bond donors (Lipinski definition) is 1. The lowest BCUT2D eigenvalue weighted by Gasteiger charge is -2.10. The fraction of sp³-hybridized carbons (Fsp3) is 0.188. The van der Waals surface area contributed by atoms with Gasteiger partial charge >= 0.3 is 0 Å². The molecule has 1 amide bonds. The molecule has 2 rings (SSSR count). The Morgan fingerprint density at radius 1 is 1.09 bits per heavy atom. The zero-order valence-electron chi connectivity index (χ0n) is 12.6. The number of thioether (sulfide) groups is 1. The monoisotopic (exact) mass is 339 g/mol. The van der Waals surface area contributed by atoms with E-state index in [1.807, 2.05) is 0 Å². The van der Waals surface area contributed by atoms with E-state index in [0.717, 1.165) is 17.0 Å². The van der Waals surface area contributed by atoms with Crippen LogP contribution in [0.25, 0.3) is 0 Å². The fourth-order valence-corrected chi connectivity index (χ4v) is 2.56. The summed E-state index contributed by atoms with van der Waals surface area (Å²) in [6.07, 6.45) is 0. The second-order valence-corrected chi connectivity index (χ2v) is 5.53. The van der Waals surface area contributed by atoms with Gasteiger partial charge in [-0.1, -0.05) is 0 Å². The summed E-state index contributed by atoms with van der Waals surface area (Å²) in [5.74, 6) is -0.672. The zero-order valence-corrected chi connectivity index (χ0v) is 13.4. The second-order valence-electron chi connectivity index (χ2n) is 4.48. The molecule has 0 aliphatic rings. The normalized spacial score (nSPS) is 10.3. The third-order valence-electron chi connectivity index (χ3n) is 2.93. The zero-order chi connectivity index (χ0) is 16.8. The van der Waals surface area contributed by atoms with Gasteiger partial charge in [0, 0.05) is 11.0 Å². The molecule has 0 aliphatic heterocycles. The Balaban J connectivity index is 1.96. The minimum atomic E-state index is -0.811. The molecule has 7 heteroatoms. The third-order valence-corrected chi connectivity index (χ3v) is 3.92. The standard InChI is InChI=1S/C16H15F2NO3S/c1-21-14-6-4-11(8-15(14)22-2)23-9-16(20)19-13-5-3-10(17)7-12(13)18/h3-8H,9H2,1-2H3,(H,19,20). The summed E-state index contributed by atoms with van der Waals surface area (Å²) in [7, 11) is 3.06.